The first-order valence-corrected chi connectivity index (χ1v) is 9.10. The Morgan fingerprint density at radius 1 is 1.30 bits per heavy atom. The van der Waals surface area contributed by atoms with E-state index in [4.69, 9.17) is 4.74 Å². The first-order chi connectivity index (χ1) is 11.2. The van der Waals surface area contributed by atoms with Crippen molar-refractivity contribution in [2.24, 2.45) is 0 Å². The predicted molar refractivity (Wildman–Crippen MR) is 96.5 cm³/mol. The van der Waals surface area contributed by atoms with Crippen LogP contribution in [0, 0.1) is 0 Å². The summed E-state index contributed by atoms with van der Waals surface area (Å²) < 4.78 is 5.84. The van der Waals surface area contributed by atoms with Crippen molar-refractivity contribution in [2.75, 3.05) is 18.7 Å². The quantitative estimate of drug-likeness (QED) is 0.548. The molecular formula is C17H16N2O2S2. The number of carbonyl (C=O) groups is 1. The Balaban J connectivity index is 1.78. The average molecular weight is 344 g/mol. The van der Waals surface area contributed by atoms with Crippen molar-refractivity contribution in [2.45, 2.75) is 10.8 Å². The molecule has 0 amide bonds. The number of aromatic nitrogens is 1. The number of thiophene rings is 1. The van der Waals surface area contributed by atoms with Crippen LogP contribution in [0.5, 0.6) is 0 Å². The zero-order valence-electron chi connectivity index (χ0n) is 12.8. The molecule has 0 saturated carbocycles. The second kappa shape index (κ2) is 7.02. The van der Waals surface area contributed by atoms with E-state index in [2.05, 4.69) is 16.4 Å². The number of pyridine rings is 1. The zero-order valence-corrected chi connectivity index (χ0v) is 14.5. The van der Waals surface area contributed by atoms with Gasteiger partial charge in [0.1, 0.15) is 4.88 Å². The standard InChI is InChI=1S/C17H16N2O2S2/c1-21-16(20)15-9-14(17(22-2)23-15)18-10-12-8-7-11-5-3-4-6-13(11)19-12/h3-9,18H,10H2,1-2H3. The maximum absolute atomic E-state index is 11.7. The van der Waals surface area contributed by atoms with Gasteiger partial charge in [0.15, 0.2) is 0 Å². The normalized spacial score (nSPS) is 10.7. The van der Waals surface area contributed by atoms with Crippen molar-refractivity contribution in [1.29, 1.82) is 0 Å². The molecule has 0 spiro atoms. The third kappa shape index (κ3) is 3.48. The summed E-state index contributed by atoms with van der Waals surface area (Å²) in [6.07, 6.45) is 1.99. The number of nitrogens with one attached hydrogen (secondary N) is 1. The van der Waals surface area contributed by atoms with Crippen molar-refractivity contribution in [3.8, 4) is 0 Å². The van der Waals surface area contributed by atoms with Gasteiger partial charge in [-0.3, -0.25) is 4.98 Å². The highest BCUT2D eigenvalue weighted by molar-refractivity contribution is 8.00. The molecule has 23 heavy (non-hydrogen) atoms. The Morgan fingerprint density at radius 2 is 2.13 bits per heavy atom. The Kier molecular flexibility index (Phi) is 4.83. The molecule has 3 aromatic rings. The first-order valence-electron chi connectivity index (χ1n) is 7.06. The molecule has 6 heteroatoms. The van der Waals surface area contributed by atoms with E-state index in [0.717, 1.165) is 26.5 Å². The van der Waals surface area contributed by atoms with Gasteiger partial charge in [0.05, 0.1) is 34.8 Å². The number of anilines is 1. The van der Waals surface area contributed by atoms with Crippen LogP contribution in [0.4, 0.5) is 5.69 Å². The maximum atomic E-state index is 11.7. The third-order valence-corrected chi connectivity index (χ3v) is 5.64. The fraction of sp³-hybridized carbons (Fsp3) is 0.176. The number of para-hydroxylation sites is 1. The highest BCUT2D eigenvalue weighted by Crippen LogP contribution is 2.35. The van der Waals surface area contributed by atoms with Crippen molar-refractivity contribution in [3.05, 3.63) is 53.0 Å². The molecule has 3 rings (SSSR count). The molecule has 0 radical (unpaired) electrons. The number of nitrogens with zero attached hydrogens (tertiary/aromatic N) is 1. The van der Waals surface area contributed by atoms with E-state index >= 15 is 0 Å². The van der Waals surface area contributed by atoms with Gasteiger partial charge in [0, 0.05) is 5.39 Å². The van der Waals surface area contributed by atoms with E-state index in [1.807, 2.05) is 42.7 Å². The van der Waals surface area contributed by atoms with Gasteiger partial charge < -0.3 is 10.1 Å². The first kappa shape index (κ1) is 15.8. The lowest BCUT2D eigenvalue weighted by atomic mass is 10.2. The van der Waals surface area contributed by atoms with Crippen molar-refractivity contribution < 1.29 is 9.53 Å². The van der Waals surface area contributed by atoms with Gasteiger partial charge in [-0.25, -0.2) is 4.79 Å². The molecule has 0 unspecified atom stereocenters. The van der Waals surface area contributed by atoms with Crippen molar-refractivity contribution in [1.82, 2.24) is 4.98 Å². The minimum absolute atomic E-state index is 0.304. The number of rotatable bonds is 5. The smallest absolute Gasteiger partial charge is 0.348 e. The Bertz CT molecular complexity index is 845. The van der Waals surface area contributed by atoms with E-state index in [1.54, 1.807) is 11.8 Å². The molecular weight excluding hydrogens is 328 g/mol. The van der Waals surface area contributed by atoms with Crippen LogP contribution in [0.15, 0.2) is 46.7 Å². The van der Waals surface area contributed by atoms with Crippen LogP contribution in [0.2, 0.25) is 0 Å². The molecule has 0 bridgehead atoms. The van der Waals surface area contributed by atoms with Gasteiger partial charge in [0.25, 0.3) is 0 Å². The SMILES string of the molecule is COC(=O)c1cc(NCc2ccc3ccccc3n2)c(SC)s1. The van der Waals surface area contributed by atoms with Crippen molar-refractivity contribution in [3.63, 3.8) is 0 Å². The van der Waals surface area contributed by atoms with Crippen LogP contribution in [-0.2, 0) is 11.3 Å². The summed E-state index contributed by atoms with van der Waals surface area (Å²) in [5, 5.41) is 4.49. The topological polar surface area (TPSA) is 51.2 Å². The molecule has 4 nitrogen and oxygen atoms in total. The number of esters is 1. The Hall–Kier alpha value is -2.05. The van der Waals surface area contributed by atoms with Crippen LogP contribution in [0.25, 0.3) is 10.9 Å². The summed E-state index contributed by atoms with van der Waals surface area (Å²) in [4.78, 5) is 16.9. The number of hydrogen-bond donors (Lipinski definition) is 1. The molecule has 118 valence electrons. The molecule has 2 heterocycles. The van der Waals surface area contributed by atoms with E-state index in [9.17, 15) is 4.79 Å². The molecule has 0 saturated heterocycles. The molecule has 2 aromatic heterocycles. The molecule has 1 aromatic carbocycles. The summed E-state index contributed by atoms with van der Waals surface area (Å²) in [5.74, 6) is -0.304. The van der Waals surface area contributed by atoms with Crippen LogP contribution in [0.1, 0.15) is 15.4 Å². The number of carbonyl (C=O) groups excluding carboxylic acids is 1. The van der Waals surface area contributed by atoms with Crippen molar-refractivity contribution >= 4 is 45.7 Å². The number of fused-ring (bicyclic) bond motifs is 1. The van der Waals surface area contributed by atoms with E-state index in [0.29, 0.717) is 11.4 Å². The van der Waals surface area contributed by atoms with E-state index in [1.165, 1.54) is 18.4 Å². The fourth-order valence-corrected chi connectivity index (χ4v) is 3.98. The second-order valence-corrected chi connectivity index (χ2v) is 6.98. The summed E-state index contributed by atoms with van der Waals surface area (Å²) in [6, 6.07) is 14.0. The largest absolute Gasteiger partial charge is 0.465 e. The minimum Gasteiger partial charge on any atom is -0.465 e. The summed E-state index contributed by atoms with van der Waals surface area (Å²) in [7, 11) is 1.40. The molecule has 0 aliphatic carbocycles. The average Bonchev–Trinajstić information content (AvgIpc) is 3.02. The Morgan fingerprint density at radius 3 is 2.91 bits per heavy atom. The predicted octanol–water partition coefficient (Wildman–Crippen LogP) is 4.42. The summed E-state index contributed by atoms with van der Waals surface area (Å²) in [5.41, 5.74) is 2.89. The lowest BCUT2D eigenvalue weighted by molar-refractivity contribution is 0.0606. The minimum atomic E-state index is -0.304. The van der Waals surface area contributed by atoms with Gasteiger partial charge >= 0.3 is 5.97 Å². The van der Waals surface area contributed by atoms with Crippen LogP contribution in [0.3, 0.4) is 0 Å². The van der Waals surface area contributed by atoms with Gasteiger partial charge in [-0.05, 0) is 24.5 Å². The number of thioether (sulfide) groups is 1. The summed E-state index contributed by atoms with van der Waals surface area (Å²) >= 11 is 3.05. The molecule has 1 N–H and O–H groups in total. The third-order valence-electron chi connectivity index (χ3n) is 3.39. The van der Waals surface area contributed by atoms with Gasteiger partial charge in [0.2, 0.25) is 0 Å². The number of ether oxygens (including phenoxy) is 1. The summed E-state index contributed by atoms with van der Waals surface area (Å²) in [6.45, 7) is 0.607. The van der Waals surface area contributed by atoms with Gasteiger partial charge in [-0.15, -0.1) is 23.1 Å². The highest BCUT2D eigenvalue weighted by atomic mass is 32.2. The molecule has 0 atom stereocenters. The van der Waals surface area contributed by atoms with Crippen LogP contribution in [-0.4, -0.2) is 24.3 Å². The second-order valence-electron chi connectivity index (χ2n) is 4.86. The lowest BCUT2D eigenvalue weighted by Gasteiger charge is -2.06. The molecule has 0 aliphatic rings. The van der Waals surface area contributed by atoms with Crippen LogP contribution < -0.4 is 5.32 Å². The highest BCUT2D eigenvalue weighted by Gasteiger charge is 2.14. The lowest BCUT2D eigenvalue weighted by Crippen LogP contribution is -2.02. The number of methoxy groups -OCH3 is 1. The molecule has 0 aliphatic heterocycles. The number of benzene rings is 1. The monoisotopic (exact) mass is 344 g/mol. The van der Waals surface area contributed by atoms with E-state index < -0.39 is 0 Å². The van der Waals surface area contributed by atoms with Crippen LogP contribution >= 0.6 is 23.1 Å². The van der Waals surface area contributed by atoms with Gasteiger partial charge in [-0.1, -0.05) is 24.3 Å². The number of hydrogen-bond acceptors (Lipinski definition) is 6. The zero-order chi connectivity index (χ0) is 16.2. The van der Waals surface area contributed by atoms with Gasteiger partial charge in [-0.2, -0.15) is 0 Å². The molecule has 0 fully saturated rings. The maximum Gasteiger partial charge on any atom is 0.348 e. The Labute approximate surface area is 142 Å². The fourth-order valence-electron chi connectivity index (χ4n) is 2.24. The van der Waals surface area contributed by atoms with E-state index in [-0.39, 0.29) is 5.97 Å².